The highest BCUT2D eigenvalue weighted by Gasteiger charge is 2.46. The monoisotopic (exact) mass is 1250 g/mol. The van der Waals surface area contributed by atoms with Gasteiger partial charge in [0.2, 0.25) is 0 Å². The second-order valence-electron chi connectivity index (χ2n) is 27.7. The molecule has 0 saturated heterocycles. The first kappa shape index (κ1) is 60.7. The standard InChI is InChI=1S/C84H78N12/c1-7-31-85-73(13-1)55-19-25-79(91-49-55)67-39-61(37-63(41-67)65-43-69(81-27-21-57(51-93-81)75-15-3-9-33-87-75)47-70(44-65)82-28-22-58(52-94-82)76-16-4-10-34-88-76)62-38-64(42-68(40-62)80-26-20-56(50-92-80)74-14-2-8-32-86-74)66-45-71(83-29-23-59(53-95-83)77-17-5-11-35-89-77)48-72(46-66)84-30-24-60(54-96-84)78-18-6-12-36-90-78/h1-36,49-54,61-72H,37-48H2. The van der Waals surface area contributed by atoms with Crippen molar-refractivity contribution < 1.29 is 0 Å². The summed E-state index contributed by atoms with van der Waals surface area (Å²) in [6, 6.07) is 63.8. The third-order valence-corrected chi connectivity index (χ3v) is 22.0. The normalized spacial score (nSPS) is 24.4. The predicted molar refractivity (Wildman–Crippen MR) is 378 cm³/mol. The molecule has 0 aromatic carbocycles. The lowest BCUT2D eigenvalue weighted by Gasteiger charge is -2.49. The summed E-state index contributed by atoms with van der Waals surface area (Å²) in [7, 11) is 0. The first-order valence-electron chi connectivity index (χ1n) is 34.7. The molecule has 4 fully saturated rings. The number of hydrogen-bond donors (Lipinski definition) is 0. The molecule has 0 bridgehead atoms. The summed E-state index contributed by atoms with van der Waals surface area (Å²) in [4.78, 5) is 60.3. The Bertz CT molecular complexity index is 3970. The van der Waals surface area contributed by atoms with Crippen LogP contribution in [0, 0.1) is 35.5 Å². The minimum atomic E-state index is 0.260. The van der Waals surface area contributed by atoms with Gasteiger partial charge in [-0.2, -0.15) is 0 Å². The van der Waals surface area contributed by atoms with Crippen LogP contribution in [0.5, 0.6) is 0 Å². The third kappa shape index (κ3) is 13.6. The van der Waals surface area contributed by atoms with Gasteiger partial charge < -0.3 is 0 Å². The summed E-state index contributed by atoms with van der Waals surface area (Å²) in [6.45, 7) is 0. The number of pyridine rings is 12. The van der Waals surface area contributed by atoms with Gasteiger partial charge in [0.15, 0.2) is 0 Å². The average Bonchev–Trinajstić information content (AvgIpc) is 0.792. The van der Waals surface area contributed by atoms with Crippen LogP contribution >= 0.6 is 0 Å². The van der Waals surface area contributed by atoms with E-state index in [0.717, 1.165) is 155 Å². The summed E-state index contributed by atoms with van der Waals surface area (Å²) in [6.07, 6.45) is 36.6. The summed E-state index contributed by atoms with van der Waals surface area (Å²) >= 11 is 0. The van der Waals surface area contributed by atoms with Gasteiger partial charge in [-0.15, -0.1) is 0 Å². The second-order valence-corrected chi connectivity index (χ2v) is 27.7. The maximum absolute atomic E-state index is 5.43. The highest BCUT2D eigenvalue weighted by molar-refractivity contribution is 5.62. The van der Waals surface area contributed by atoms with Gasteiger partial charge >= 0.3 is 0 Å². The summed E-state index contributed by atoms with van der Waals surface area (Å²) < 4.78 is 0. The number of rotatable bonds is 15. The van der Waals surface area contributed by atoms with Gasteiger partial charge in [-0.1, -0.05) is 36.4 Å². The molecule has 0 aliphatic heterocycles. The lowest BCUT2D eigenvalue weighted by Crippen LogP contribution is -2.38. The lowest BCUT2D eigenvalue weighted by atomic mass is 9.56. The molecule has 10 unspecified atom stereocenters. The van der Waals surface area contributed by atoms with Crippen molar-refractivity contribution in [1.29, 1.82) is 0 Å². The van der Waals surface area contributed by atoms with Crippen LogP contribution in [-0.2, 0) is 0 Å². The van der Waals surface area contributed by atoms with Crippen molar-refractivity contribution in [3.05, 3.63) is 291 Å². The topological polar surface area (TPSA) is 155 Å². The highest BCUT2D eigenvalue weighted by Crippen LogP contribution is 2.58. The van der Waals surface area contributed by atoms with Crippen molar-refractivity contribution in [2.75, 3.05) is 0 Å². The van der Waals surface area contributed by atoms with E-state index >= 15 is 0 Å². The Morgan fingerprint density at radius 3 is 0.500 bits per heavy atom. The van der Waals surface area contributed by atoms with Crippen LogP contribution in [0.2, 0.25) is 0 Å². The van der Waals surface area contributed by atoms with Crippen LogP contribution in [0.1, 0.15) is 147 Å². The summed E-state index contributed by atoms with van der Waals surface area (Å²) in [5.41, 5.74) is 18.9. The van der Waals surface area contributed by atoms with E-state index in [0.29, 0.717) is 35.5 Å². The van der Waals surface area contributed by atoms with Gasteiger partial charge in [-0.25, -0.2) is 0 Å². The predicted octanol–water partition coefficient (Wildman–Crippen LogP) is 18.9. The number of hydrogen-bond acceptors (Lipinski definition) is 12. The Labute approximate surface area is 562 Å². The zero-order valence-corrected chi connectivity index (χ0v) is 54.0. The fraction of sp³-hybridized carbons (Fsp3) is 0.286. The van der Waals surface area contributed by atoms with Gasteiger partial charge in [-0.05, 0) is 258 Å². The molecule has 12 nitrogen and oxygen atoms in total. The van der Waals surface area contributed by atoms with E-state index in [1.54, 1.807) is 0 Å². The van der Waals surface area contributed by atoms with E-state index in [1.165, 1.54) is 24.2 Å². The highest BCUT2D eigenvalue weighted by atomic mass is 14.8. The van der Waals surface area contributed by atoms with Crippen LogP contribution in [0.15, 0.2) is 256 Å². The Balaban J connectivity index is 0.761. The molecule has 10 atom stereocenters. The first-order chi connectivity index (χ1) is 47.5. The zero-order chi connectivity index (χ0) is 64.0. The quantitative estimate of drug-likeness (QED) is 0.0959. The Morgan fingerprint density at radius 1 is 0.167 bits per heavy atom. The van der Waals surface area contributed by atoms with E-state index in [9.17, 15) is 0 Å². The van der Waals surface area contributed by atoms with Crippen LogP contribution in [-0.4, -0.2) is 59.8 Å². The summed E-state index contributed by atoms with van der Waals surface area (Å²) in [5.74, 6) is 4.32. The Kier molecular flexibility index (Phi) is 17.7. The maximum atomic E-state index is 5.43. The molecule has 4 aliphatic carbocycles. The van der Waals surface area contributed by atoms with E-state index in [-0.39, 0.29) is 35.5 Å². The van der Waals surface area contributed by atoms with Crippen LogP contribution in [0.25, 0.3) is 67.5 Å². The van der Waals surface area contributed by atoms with Crippen molar-refractivity contribution in [1.82, 2.24) is 59.8 Å². The number of aromatic nitrogens is 12. The molecule has 4 aliphatic rings. The van der Waals surface area contributed by atoms with Crippen LogP contribution < -0.4 is 0 Å². The molecule has 0 radical (unpaired) electrons. The van der Waals surface area contributed by atoms with Crippen molar-refractivity contribution >= 4 is 0 Å². The fourth-order valence-corrected chi connectivity index (χ4v) is 17.3. The first-order valence-corrected chi connectivity index (χ1v) is 34.7. The molecule has 4 saturated carbocycles. The molecule has 12 aromatic rings. The maximum Gasteiger partial charge on any atom is 0.0717 e. The minimum Gasteiger partial charge on any atom is -0.260 e. The molecule has 0 spiro atoms. The molecule has 12 heteroatoms. The zero-order valence-electron chi connectivity index (χ0n) is 54.0. The van der Waals surface area contributed by atoms with Gasteiger partial charge in [0.05, 0.1) is 34.2 Å². The summed E-state index contributed by atoms with van der Waals surface area (Å²) in [5, 5.41) is 0. The fourth-order valence-electron chi connectivity index (χ4n) is 17.3. The Hall–Kier alpha value is -10.2. The third-order valence-electron chi connectivity index (χ3n) is 22.0. The van der Waals surface area contributed by atoms with E-state index in [1.807, 2.05) is 123 Å². The van der Waals surface area contributed by atoms with Gasteiger partial charge in [0, 0.05) is 177 Å². The van der Waals surface area contributed by atoms with Crippen molar-refractivity contribution in [3.63, 3.8) is 0 Å². The van der Waals surface area contributed by atoms with Crippen molar-refractivity contribution in [3.8, 4) is 67.5 Å². The molecule has 474 valence electrons. The van der Waals surface area contributed by atoms with E-state index in [4.69, 9.17) is 39.9 Å². The molecule has 96 heavy (non-hydrogen) atoms. The smallest absolute Gasteiger partial charge is 0.0717 e. The van der Waals surface area contributed by atoms with Gasteiger partial charge in [0.25, 0.3) is 0 Å². The SMILES string of the molecule is c1ccc(-c2ccc(C3CC(c4ccc(-c5ccccn5)cn4)CC(C4CC(c5ccc(-c6ccccn6)cn5)CC(C5CC(c6ccc(-c7ccccn7)cn6)CC(C6CC(c7ccc(-c8ccccn8)cn7)CC(c7ccc(-c8ccccn8)cn7)C6)C5)C4)C3)nc2)nc1. The van der Waals surface area contributed by atoms with E-state index < -0.39 is 0 Å². The molecule has 0 amide bonds. The van der Waals surface area contributed by atoms with Crippen molar-refractivity contribution in [2.45, 2.75) is 113 Å². The molecule has 12 heterocycles. The van der Waals surface area contributed by atoms with Crippen molar-refractivity contribution in [2.24, 2.45) is 35.5 Å². The second kappa shape index (κ2) is 28.0. The van der Waals surface area contributed by atoms with Crippen LogP contribution in [0.4, 0.5) is 0 Å². The lowest BCUT2D eigenvalue weighted by molar-refractivity contribution is 0.0518. The molecular weight excluding hydrogens is 1180 g/mol. The number of nitrogens with zero attached hydrogens (tertiary/aromatic N) is 12. The van der Waals surface area contributed by atoms with Gasteiger partial charge in [0.1, 0.15) is 0 Å². The van der Waals surface area contributed by atoms with Gasteiger partial charge in [-0.3, -0.25) is 59.8 Å². The molecular formula is C84H78N12. The largest absolute Gasteiger partial charge is 0.260 e. The molecule has 16 rings (SSSR count). The minimum absolute atomic E-state index is 0.260. The molecule has 12 aromatic heterocycles. The average molecular weight is 1260 g/mol. The molecule has 0 N–H and O–H groups in total. The van der Waals surface area contributed by atoms with Crippen LogP contribution in [0.3, 0.4) is 0 Å². The Morgan fingerprint density at radius 2 is 0.344 bits per heavy atom. The van der Waals surface area contributed by atoms with E-state index in [2.05, 4.69) is 154 Å².